The lowest BCUT2D eigenvalue weighted by atomic mass is 10.0. The fourth-order valence-corrected chi connectivity index (χ4v) is 3.39. The fraction of sp³-hybridized carbons (Fsp3) is 0.333. The van der Waals surface area contributed by atoms with Crippen LogP contribution >= 0.6 is 0 Å². The molecule has 3 N–H and O–H groups in total. The predicted molar refractivity (Wildman–Crippen MR) is 124 cm³/mol. The Kier molecular flexibility index (Phi) is 8.20. The van der Waals surface area contributed by atoms with E-state index in [0.717, 1.165) is 36.5 Å². The van der Waals surface area contributed by atoms with Crippen molar-refractivity contribution in [2.24, 2.45) is 0 Å². The van der Waals surface area contributed by atoms with Crippen LogP contribution < -0.4 is 15.4 Å². The Labute approximate surface area is 183 Å². The summed E-state index contributed by atoms with van der Waals surface area (Å²) >= 11 is 0. The molecule has 4 rings (SSSR count). The van der Waals surface area contributed by atoms with E-state index < -0.39 is 0 Å². The Morgan fingerprint density at radius 1 is 1.19 bits per heavy atom. The van der Waals surface area contributed by atoms with Crippen molar-refractivity contribution in [3.05, 3.63) is 65.5 Å². The first-order chi connectivity index (χ1) is 15.1. The Bertz CT molecular complexity index is 959. The van der Waals surface area contributed by atoms with Gasteiger partial charge in [-0.2, -0.15) is 5.10 Å². The molecule has 164 valence electrons. The fourth-order valence-electron chi connectivity index (χ4n) is 3.39. The Morgan fingerprint density at radius 2 is 2.00 bits per heavy atom. The van der Waals surface area contributed by atoms with E-state index in [2.05, 4.69) is 45.1 Å². The van der Waals surface area contributed by atoms with E-state index >= 15 is 0 Å². The smallest absolute Gasteiger partial charge is 0.211 e. The van der Waals surface area contributed by atoms with Gasteiger partial charge in [0.15, 0.2) is 0 Å². The summed E-state index contributed by atoms with van der Waals surface area (Å²) in [4.78, 5) is 12.7. The molecule has 0 bridgehead atoms. The Balaban J connectivity index is 0.000000225. The van der Waals surface area contributed by atoms with Crippen molar-refractivity contribution in [3.63, 3.8) is 0 Å². The number of likely N-dealkylation sites (N-methyl/N-ethyl adjacent to an activating group) is 1. The lowest BCUT2D eigenvalue weighted by Crippen LogP contribution is -2.23. The first-order valence-corrected chi connectivity index (χ1v) is 10.5. The van der Waals surface area contributed by atoms with Gasteiger partial charge < -0.3 is 20.3 Å². The topological polar surface area (TPSA) is 82.3 Å². The van der Waals surface area contributed by atoms with Crippen LogP contribution in [-0.2, 0) is 17.8 Å². The SMILES string of the molecule is Cc1[nH]ncc1-c1ccc(NC=O)c(OCCN(C)C)c1.c1ccc2c(c1)CCNC2. The van der Waals surface area contributed by atoms with Gasteiger partial charge in [0, 0.05) is 24.3 Å². The van der Waals surface area contributed by atoms with Crippen LogP contribution in [0, 0.1) is 6.92 Å². The maximum atomic E-state index is 10.7. The standard InChI is InChI=1S/C15H20N4O2.C9H11N/c1-11-13(9-17-18-11)12-4-5-14(16-10-20)15(8-12)21-7-6-19(2)3;1-2-4-9-7-10-6-5-8(9)3-1/h4-5,8-10H,6-7H2,1-3H3,(H,16,20)(H,17,18);1-4,10H,5-7H2. The number of hydrogen-bond acceptors (Lipinski definition) is 5. The highest BCUT2D eigenvalue weighted by Gasteiger charge is 2.10. The minimum absolute atomic E-state index is 0.550. The lowest BCUT2D eigenvalue weighted by Gasteiger charge is -2.15. The predicted octanol–water partition coefficient (Wildman–Crippen LogP) is 3.23. The number of aromatic amines is 1. The number of hydrogen-bond donors (Lipinski definition) is 3. The highest BCUT2D eigenvalue weighted by Crippen LogP contribution is 2.31. The van der Waals surface area contributed by atoms with Crippen LogP contribution in [0.1, 0.15) is 16.8 Å². The molecule has 0 unspecified atom stereocenters. The molecular formula is C24H31N5O2. The number of nitrogens with zero attached hydrogens (tertiary/aromatic N) is 2. The number of nitrogens with one attached hydrogen (secondary N) is 3. The van der Waals surface area contributed by atoms with Crippen LogP contribution in [0.15, 0.2) is 48.7 Å². The van der Waals surface area contributed by atoms with Gasteiger partial charge in [-0.05, 0) is 62.8 Å². The van der Waals surface area contributed by atoms with Crippen molar-refractivity contribution in [2.45, 2.75) is 19.9 Å². The molecular weight excluding hydrogens is 390 g/mol. The molecule has 1 aliphatic heterocycles. The number of aromatic nitrogens is 2. The van der Waals surface area contributed by atoms with Crippen molar-refractivity contribution in [3.8, 4) is 16.9 Å². The van der Waals surface area contributed by atoms with Gasteiger partial charge in [0.1, 0.15) is 12.4 Å². The van der Waals surface area contributed by atoms with Crippen LogP contribution in [0.5, 0.6) is 5.75 Å². The second-order valence-corrected chi connectivity index (χ2v) is 7.73. The molecule has 0 radical (unpaired) electrons. The molecule has 31 heavy (non-hydrogen) atoms. The third-order valence-corrected chi connectivity index (χ3v) is 5.14. The zero-order valence-electron chi connectivity index (χ0n) is 18.4. The number of carbonyl (C=O) groups is 1. The molecule has 0 spiro atoms. The third kappa shape index (κ3) is 6.41. The van der Waals surface area contributed by atoms with Gasteiger partial charge in [-0.3, -0.25) is 9.89 Å². The van der Waals surface area contributed by atoms with Crippen molar-refractivity contribution in [2.75, 3.05) is 39.1 Å². The normalized spacial score (nSPS) is 12.5. The van der Waals surface area contributed by atoms with Gasteiger partial charge in [-0.25, -0.2) is 0 Å². The van der Waals surface area contributed by atoms with Crippen molar-refractivity contribution >= 4 is 12.1 Å². The zero-order valence-corrected chi connectivity index (χ0v) is 18.4. The van der Waals surface area contributed by atoms with E-state index in [0.29, 0.717) is 24.5 Å². The molecule has 0 saturated heterocycles. The zero-order chi connectivity index (χ0) is 22.1. The van der Waals surface area contributed by atoms with Crippen molar-refractivity contribution in [1.29, 1.82) is 0 Å². The molecule has 1 aliphatic rings. The summed E-state index contributed by atoms with van der Waals surface area (Å²) in [6.07, 6.45) is 3.62. The molecule has 1 amide bonds. The van der Waals surface area contributed by atoms with Gasteiger partial charge in [-0.1, -0.05) is 30.3 Å². The molecule has 2 heterocycles. The first kappa shape index (κ1) is 22.5. The number of carbonyl (C=O) groups excluding carboxylic acids is 1. The van der Waals surface area contributed by atoms with E-state index in [1.54, 1.807) is 6.20 Å². The lowest BCUT2D eigenvalue weighted by molar-refractivity contribution is -0.105. The summed E-state index contributed by atoms with van der Waals surface area (Å²) in [6.45, 7) is 5.50. The number of aryl methyl sites for hydroxylation is 1. The highest BCUT2D eigenvalue weighted by molar-refractivity contribution is 5.79. The van der Waals surface area contributed by atoms with Gasteiger partial charge in [0.05, 0.1) is 11.9 Å². The van der Waals surface area contributed by atoms with Crippen molar-refractivity contribution < 1.29 is 9.53 Å². The van der Waals surface area contributed by atoms with Gasteiger partial charge >= 0.3 is 0 Å². The monoisotopic (exact) mass is 421 g/mol. The van der Waals surface area contributed by atoms with Crippen LogP contribution in [0.4, 0.5) is 5.69 Å². The first-order valence-electron chi connectivity index (χ1n) is 10.5. The van der Waals surface area contributed by atoms with Gasteiger partial charge in [0.2, 0.25) is 6.41 Å². The molecule has 0 atom stereocenters. The van der Waals surface area contributed by atoms with Gasteiger partial charge in [0.25, 0.3) is 0 Å². The van der Waals surface area contributed by atoms with E-state index in [4.69, 9.17) is 4.74 Å². The van der Waals surface area contributed by atoms with Gasteiger partial charge in [-0.15, -0.1) is 0 Å². The molecule has 3 aromatic rings. The molecule has 2 aromatic carbocycles. The maximum Gasteiger partial charge on any atom is 0.211 e. The molecule has 7 heteroatoms. The molecule has 0 aliphatic carbocycles. The summed E-state index contributed by atoms with van der Waals surface area (Å²) in [5.74, 6) is 0.655. The van der Waals surface area contributed by atoms with Crippen molar-refractivity contribution in [1.82, 2.24) is 20.4 Å². The molecule has 0 saturated carbocycles. The number of H-pyrrole nitrogens is 1. The second kappa shape index (κ2) is 11.3. The van der Waals surface area contributed by atoms with E-state index in [1.165, 1.54) is 17.5 Å². The number of anilines is 1. The number of ether oxygens (including phenoxy) is 1. The average molecular weight is 422 g/mol. The number of fused-ring (bicyclic) bond motifs is 1. The minimum atomic E-state index is 0.550. The van der Waals surface area contributed by atoms with E-state index in [1.807, 2.05) is 44.1 Å². The summed E-state index contributed by atoms with van der Waals surface area (Å²) in [6, 6.07) is 14.3. The minimum Gasteiger partial charge on any atom is -0.490 e. The quantitative estimate of drug-likeness (QED) is 0.510. The van der Waals surface area contributed by atoms with E-state index in [-0.39, 0.29) is 0 Å². The van der Waals surface area contributed by atoms with E-state index in [9.17, 15) is 4.79 Å². The summed E-state index contributed by atoms with van der Waals surface area (Å²) in [5, 5.41) is 12.9. The summed E-state index contributed by atoms with van der Waals surface area (Å²) in [7, 11) is 3.97. The number of rotatable bonds is 7. The number of amides is 1. The Hall–Kier alpha value is -3.16. The number of benzene rings is 2. The summed E-state index contributed by atoms with van der Waals surface area (Å²) in [5.41, 5.74) is 6.65. The molecule has 1 aromatic heterocycles. The average Bonchev–Trinajstić information content (AvgIpc) is 3.21. The molecule has 0 fully saturated rings. The van der Waals surface area contributed by atoms with Crippen LogP contribution in [-0.4, -0.2) is 55.3 Å². The summed E-state index contributed by atoms with van der Waals surface area (Å²) < 4.78 is 5.79. The largest absolute Gasteiger partial charge is 0.490 e. The van der Waals surface area contributed by atoms with Crippen LogP contribution in [0.2, 0.25) is 0 Å². The Morgan fingerprint density at radius 3 is 2.68 bits per heavy atom. The third-order valence-electron chi connectivity index (χ3n) is 5.14. The highest BCUT2D eigenvalue weighted by atomic mass is 16.5. The maximum absolute atomic E-state index is 10.7. The van der Waals surface area contributed by atoms with Crippen LogP contribution in [0.3, 0.4) is 0 Å². The molecule has 7 nitrogen and oxygen atoms in total. The second-order valence-electron chi connectivity index (χ2n) is 7.73. The van der Waals surface area contributed by atoms with Crippen LogP contribution in [0.25, 0.3) is 11.1 Å².